The Hall–Kier alpha value is -1.63. The Morgan fingerprint density at radius 1 is 1.35 bits per heavy atom. The van der Waals surface area contributed by atoms with E-state index in [0.717, 1.165) is 5.69 Å². The summed E-state index contributed by atoms with van der Waals surface area (Å²) >= 11 is 1.40. The lowest BCUT2D eigenvalue weighted by molar-refractivity contribution is -0.144. The number of anilines is 1. The van der Waals surface area contributed by atoms with Crippen molar-refractivity contribution in [3.63, 3.8) is 0 Å². The first kappa shape index (κ1) is 16.4. The third-order valence-electron chi connectivity index (χ3n) is 2.42. The molecular formula is C13H20N2O4S. The quantitative estimate of drug-likeness (QED) is 0.740. The first-order valence-electron chi connectivity index (χ1n) is 6.60. The number of ether oxygens (including phenoxy) is 2. The number of aromatic nitrogens is 1. The van der Waals surface area contributed by atoms with E-state index in [9.17, 15) is 9.59 Å². The van der Waals surface area contributed by atoms with Crippen LogP contribution in [0.3, 0.4) is 0 Å². The van der Waals surface area contributed by atoms with Crippen molar-refractivity contribution in [3.05, 3.63) is 11.1 Å². The molecule has 0 fully saturated rings. The molecule has 0 spiro atoms. The lowest BCUT2D eigenvalue weighted by atomic mass is 10.2. The highest BCUT2D eigenvalue weighted by Gasteiger charge is 2.15. The van der Waals surface area contributed by atoms with Crippen molar-refractivity contribution >= 4 is 28.4 Å². The van der Waals surface area contributed by atoms with Gasteiger partial charge in [-0.3, -0.25) is 4.79 Å². The number of rotatable bonds is 8. The van der Waals surface area contributed by atoms with Crippen LogP contribution in [0, 0.1) is 0 Å². The number of nitrogens with zero attached hydrogens (tertiary/aromatic N) is 1. The normalized spacial score (nSPS) is 11.8. The molecule has 0 saturated heterocycles. The highest BCUT2D eigenvalue weighted by Crippen LogP contribution is 2.17. The minimum Gasteiger partial charge on any atom is -0.466 e. The minimum absolute atomic E-state index is 0.227. The Morgan fingerprint density at radius 2 is 2.05 bits per heavy atom. The molecule has 1 aromatic rings. The molecule has 0 saturated carbocycles. The summed E-state index contributed by atoms with van der Waals surface area (Å²) in [4.78, 5) is 27.0. The monoisotopic (exact) mass is 300 g/mol. The van der Waals surface area contributed by atoms with Gasteiger partial charge < -0.3 is 14.8 Å². The molecule has 0 aliphatic heterocycles. The molecule has 0 aromatic carbocycles. The fourth-order valence-electron chi connectivity index (χ4n) is 1.46. The van der Waals surface area contributed by atoms with Crippen LogP contribution in [0.5, 0.6) is 0 Å². The van der Waals surface area contributed by atoms with Crippen LogP contribution >= 0.6 is 11.3 Å². The van der Waals surface area contributed by atoms with Gasteiger partial charge in [-0.1, -0.05) is 0 Å². The molecular weight excluding hydrogens is 280 g/mol. The van der Waals surface area contributed by atoms with Crippen molar-refractivity contribution in [2.75, 3.05) is 18.5 Å². The van der Waals surface area contributed by atoms with Crippen molar-refractivity contribution < 1.29 is 19.1 Å². The molecule has 1 aromatic heterocycles. The number of hydrogen-bond acceptors (Lipinski definition) is 7. The van der Waals surface area contributed by atoms with Crippen LogP contribution in [0.15, 0.2) is 5.38 Å². The lowest BCUT2D eigenvalue weighted by Crippen LogP contribution is -2.28. The van der Waals surface area contributed by atoms with E-state index in [-0.39, 0.29) is 11.9 Å². The van der Waals surface area contributed by atoms with Gasteiger partial charge in [0.05, 0.1) is 25.3 Å². The smallest absolute Gasteiger partial charge is 0.328 e. The third kappa shape index (κ3) is 5.56. The van der Waals surface area contributed by atoms with Crippen LogP contribution in [0.25, 0.3) is 0 Å². The first-order valence-corrected chi connectivity index (χ1v) is 7.48. The molecule has 1 atom stereocenters. The molecule has 20 heavy (non-hydrogen) atoms. The Bertz CT molecular complexity index is 447. The molecule has 7 heteroatoms. The molecule has 0 aliphatic rings. The van der Waals surface area contributed by atoms with Crippen LogP contribution in [0.2, 0.25) is 0 Å². The van der Waals surface area contributed by atoms with Crippen molar-refractivity contribution in [2.45, 2.75) is 39.7 Å². The van der Waals surface area contributed by atoms with Crippen LogP contribution < -0.4 is 5.32 Å². The standard InChI is InChI=1S/C13H20N2O4S/c1-4-18-11(16)7-6-10-8-20-13(15-10)14-9(3)12(17)19-5-2/h8-9H,4-7H2,1-3H3,(H,14,15). The molecule has 6 nitrogen and oxygen atoms in total. The van der Waals surface area contributed by atoms with Crippen LogP contribution in [0.1, 0.15) is 32.9 Å². The van der Waals surface area contributed by atoms with Crippen LogP contribution in [0.4, 0.5) is 5.13 Å². The topological polar surface area (TPSA) is 77.5 Å². The summed E-state index contributed by atoms with van der Waals surface area (Å²) < 4.78 is 9.76. The van der Waals surface area contributed by atoms with E-state index in [2.05, 4.69) is 10.3 Å². The van der Waals surface area contributed by atoms with Gasteiger partial charge in [-0.2, -0.15) is 0 Å². The summed E-state index contributed by atoms with van der Waals surface area (Å²) in [5.41, 5.74) is 0.807. The molecule has 1 unspecified atom stereocenters. The van der Waals surface area contributed by atoms with Crippen molar-refractivity contribution in [1.29, 1.82) is 0 Å². The van der Waals surface area contributed by atoms with E-state index in [1.807, 2.05) is 5.38 Å². The Labute approximate surface area is 122 Å². The van der Waals surface area contributed by atoms with Crippen molar-refractivity contribution in [1.82, 2.24) is 4.98 Å². The molecule has 0 radical (unpaired) electrons. The third-order valence-corrected chi connectivity index (χ3v) is 3.24. The van der Waals surface area contributed by atoms with Gasteiger partial charge in [0.1, 0.15) is 6.04 Å². The zero-order chi connectivity index (χ0) is 15.0. The van der Waals surface area contributed by atoms with Gasteiger partial charge in [0.2, 0.25) is 0 Å². The molecule has 0 bridgehead atoms. The second-order valence-electron chi connectivity index (χ2n) is 4.07. The van der Waals surface area contributed by atoms with E-state index in [0.29, 0.717) is 31.2 Å². The van der Waals surface area contributed by atoms with Gasteiger partial charge in [-0.25, -0.2) is 9.78 Å². The number of nitrogens with one attached hydrogen (secondary N) is 1. The molecule has 112 valence electrons. The Kier molecular flexibility index (Phi) is 7.00. The SMILES string of the molecule is CCOC(=O)CCc1csc(NC(C)C(=O)OCC)n1. The summed E-state index contributed by atoms with van der Waals surface area (Å²) in [6.07, 6.45) is 0.843. The minimum atomic E-state index is -0.445. The number of aryl methyl sites for hydroxylation is 1. The predicted octanol–water partition coefficient (Wildman–Crippen LogP) is 2.00. The lowest BCUT2D eigenvalue weighted by Gasteiger charge is -2.10. The van der Waals surface area contributed by atoms with Gasteiger partial charge in [0.15, 0.2) is 5.13 Å². The fraction of sp³-hybridized carbons (Fsp3) is 0.615. The molecule has 0 amide bonds. The van der Waals surface area contributed by atoms with Gasteiger partial charge >= 0.3 is 11.9 Å². The zero-order valence-electron chi connectivity index (χ0n) is 12.0. The number of hydrogen-bond donors (Lipinski definition) is 1. The fourth-order valence-corrected chi connectivity index (χ4v) is 2.30. The maximum atomic E-state index is 11.5. The Morgan fingerprint density at radius 3 is 2.70 bits per heavy atom. The summed E-state index contributed by atoms with van der Waals surface area (Å²) in [6.45, 7) is 6.01. The second kappa shape index (κ2) is 8.52. The summed E-state index contributed by atoms with van der Waals surface area (Å²) in [6, 6.07) is -0.445. The number of thiazole rings is 1. The van der Waals surface area contributed by atoms with E-state index in [4.69, 9.17) is 9.47 Å². The van der Waals surface area contributed by atoms with Crippen molar-refractivity contribution in [2.24, 2.45) is 0 Å². The van der Waals surface area contributed by atoms with Gasteiger partial charge in [0, 0.05) is 11.8 Å². The second-order valence-corrected chi connectivity index (χ2v) is 4.93. The predicted molar refractivity (Wildman–Crippen MR) is 76.8 cm³/mol. The molecule has 1 N–H and O–H groups in total. The summed E-state index contributed by atoms with van der Waals surface area (Å²) in [5.74, 6) is -0.536. The van der Waals surface area contributed by atoms with E-state index in [1.54, 1.807) is 20.8 Å². The van der Waals surface area contributed by atoms with E-state index >= 15 is 0 Å². The number of esters is 2. The maximum absolute atomic E-state index is 11.5. The highest BCUT2D eigenvalue weighted by atomic mass is 32.1. The van der Waals surface area contributed by atoms with Crippen LogP contribution in [-0.4, -0.2) is 36.2 Å². The summed E-state index contributed by atoms with van der Waals surface area (Å²) in [7, 11) is 0. The van der Waals surface area contributed by atoms with Crippen molar-refractivity contribution in [3.8, 4) is 0 Å². The van der Waals surface area contributed by atoms with E-state index < -0.39 is 6.04 Å². The van der Waals surface area contributed by atoms with Gasteiger partial charge in [-0.05, 0) is 20.8 Å². The first-order chi connectivity index (χ1) is 9.56. The zero-order valence-corrected chi connectivity index (χ0v) is 12.8. The average molecular weight is 300 g/mol. The van der Waals surface area contributed by atoms with Gasteiger partial charge in [0.25, 0.3) is 0 Å². The number of carbonyl (C=O) groups excluding carboxylic acids is 2. The molecule has 0 aliphatic carbocycles. The average Bonchev–Trinajstić information content (AvgIpc) is 2.84. The molecule has 1 rings (SSSR count). The number of carbonyl (C=O) groups is 2. The van der Waals surface area contributed by atoms with E-state index in [1.165, 1.54) is 11.3 Å². The maximum Gasteiger partial charge on any atom is 0.328 e. The summed E-state index contributed by atoms with van der Waals surface area (Å²) in [5, 5.41) is 5.48. The highest BCUT2D eigenvalue weighted by molar-refractivity contribution is 7.13. The van der Waals surface area contributed by atoms with Gasteiger partial charge in [-0.15, -0.1) is 11.3 Å². The molecule has 1 heterocycles. The Balaban J connectivity index is 2.43. The largest absolute Gasteiger partial charge is 0.466 e. The van der Waals surface area contributed by atoms with Crippen LogP contribution in [-0.2, 0) is 25.5 Å².